The molecule has 2 aromatic heterocycles. The third-order valence-electron chi connectivity index (χ3n) is 3.97. The fourth-order valence-corrected chi connectivity index (χ4v) is 3.65. The number of hydrogen-bond acceptors (Lipinski definition) is 6. The molecule has 1 N–H and O–H groups in total. The SMILES string of the molecule is Cc1nc(NC(=O)Cc2ccc(Cl)cc2)sc1-c1nc(-c2ccccc2)no1. The number of rotatable bonds is 5. The van der Waals surface area contributed by atoms with Crippen molar-refractivity contribution in [3.05, 3.63) is 70.9 Å². The highest BCUT2D eigenvalue weighted by Gasteiger charge is 2.18. The van der Waals surface area contributed by atoms with E-state index in [0.29, 0.717) is 21.9 Å². The molecule has 0 bridgehead atoms. The molecule has 0 radical (unpaired) electrons. The number of benzene rings is 2. The minimum absolute atomic E-state index is 0.155. The molecule has 140 valence electrons. The summed E-state index contributed by atoms with van der Waals surface area (Å²) in [5, 5.41) is 7.98. The van der Waals surface area contributed by atoms with E-state index in [-0.39, 0.29) is 12.3 Å². The summed E-state index contributed by atoms with van der Waals surface area (Å²) in [5.74, 6) is 0.738. The van der Waals surface area contributed by atoms with Crippen molar-refractivity contribution in [1.82, 2.24) is 15.1 Å². The molecule has 4 rings (SSSR count). The molecule has 2 aromatic carbocycles. The van der Waals surface area contributed by atoms with Crippen LogP contribution >= 0.6 is 22.9 Å². The number of halogens is 1. The summed E-state index contributed by atoms with van der Waals surface area (Å²) in [4.78, 5) is 21.9. The maximum Gasteiger partial charge on any atom is 0.270 e. The molecule has 0 fully saturated rings. The molecule has 0 atom stereocenters. The third-order valence-corrected chi connectivity index (χ3v) is 5.29. The number of anilines is 1. The zero-order valence-electron chi connectivity index (χ0n) is 14.8. The molecule has 0 unspecified atom stereocenters. The fourth-order valence-electron chi connectivity index (χ4n) is 2.62. The van der Waals surface area contributed by atoms with E-state index in [1.807, 2.05) is 49.4 Å². The Morgan fingerprint density at radius 1 is 1.11 bits per heavy atom. The van der Waals surface area contributed by atoms with Crippen LogP contribution in [-0.4, -0.2) is 21.0 Å². The van der Waals surface area contributed by atoms with Crippen molar-refractivity contribution in [2.75, 3.05) is 5.32 Å². The standard InChI is InChI=1S/C20H15ClN4O2S/c1-12-17(19-24-18(25-27-19)14-5-3-2-4-6-14)28-20(22-12)23-16(26)11-13-7-9-15(21)10-8-13/h2-10H,11H2,1H3,(H,22,23,26). The number of aromatic nitrogens is 3. The van der Waals surface area contributed by atoms with Crippen LogP contribution in [0.3, 0.4) is 0 Å². The van der Waals surface area contributed by atoms with Gasteiger partial charge in [0.15, 0.2) is 5.13 Å². The highest BCUT2D eigenvalue weighted by molar-refractivity contribution is 7.19. The first kappa shape index (κ1) is 18.3. The second-order valence-electron chi connectivity index (χ2n) is 6.07. The van der Waals surface area contributed by atoms with Gasteiger partial charge >= 0.3 is 0 Å². The van der Waals surface area contributed by atoms with E-state index in [4.69, 9.17) is 16.1 Å². The summed E-state index contributed by atoms with van der Waals surface area (Å²) in [5.41, 5.74) is 2.46. The van der Waals surface area contributed by atoms with E-state index in [2.05, 4.69) is 20.4 Å². The van der Waals surface area contributed by atoms with Crippen LogP contribution in [0.25, 0.3) is 22.2 Å². The zero-order chi connectivity index (χ0) is 19.5. The molecule has 0 spiro atoms. The zero-order valence-corrected chi connectivity index (χ0v) is 16.4. The first-order chi connectivity index (χ1) is 13.6. The summed E-state index contributed by atoms with van der Waals surface area (Å²) in [6.07, 6.45) is 0.240. The minimum atomic E-state index is -0.155. The van der Waals surface area contributed by atoms with Gasteiger partial charge in [-0.05, 0) is 24.6 Å². The molecule has 1 amide bonds. The van der Waals surface area contributed by atoms with Crippen molar-refractivity contribution in [3.63, 3.8) is 0 Å². The quantitative estimate of drug-likeness (QED) is 0.500. The van der Waals surface area contributed by atoms with Gasteiger partial charge in [0.25, 0.3) is 5.89 Å². The van der Waals surface area contributed by atoms with Crippen LogP contribution in [-0.2, 0) is 11.2 Å². The number of hydrogen-bond donors (Lipinski definition) is 1. The Morgan fingerprint density at radius 2 is 1.86 bits per heavy atom. The largest absolute Gasteiger partial charge is 0.333 e. The van der Waals surface area contributed by atoms with Crippen molar-refractivity contribution in [1.29, 1.82) is 0 Å². The number of nitrogens with zero attached hydrogens (tertiary/aromatic N) is 3. The predicted molar refractivity (Wildman–Crippen MR) is 109 cm³/mol. The molecule has 0 saturated heterocycles. The van der Waals surface area contributed by atoms with Crippen LogP contribution in [0.15, 0.2) is 59.1 Å². The molecule has 0 aliphatic carbocycles. The maximum atomic E-state index is 12.3. The van der Waals surface area contributed by atoms with Crippen molar-refractivity contribution < 1.29 is 9.32 Å². The van der Waals surface area contributed by atoms with Gasteiger partial charge < -0.3 is 9.84 Å². The molecule has 0 aliphatic rings. The third kappa shape index (κ3) is 4.11. The lowest BCUT2D eigenvalue weighted by Crippen LogP contribution is -2.14. The molecule has 0 saturated carbocycles. The predicted octanol–water partition coefficient (Wildman–Crippen LogP) is 5.00. The van der Waals surface area contributed by atoms with Crippen LogP contribution in [0.1, 0.15) is 11.3 Å². The molecular formula is C20H15ClN4O2S. The lowest BCUT2D eigenvalue weighted by atomic mass is 10.1. The van der Waals surface area contributed by atoms with E-state index in [0.717, 1.165) is 21.7 Å². The normalized spacial score (nSPS) is 10.8. The van der Waals surface area contributed by atoms with Crippen LogP contribution in [0.4, 0.5) is 5.13 Å². The average Bonchev–Trinajstić information content (AvgIpc) is 3.31. The van der Waals surface area contributed by atoms with Crippen LogP contribution in [0, 0.1) is 6.92 Å². The van der Waals surface area contributed by atoms with Crippen molar-refractivity contribution >= 4 is 34.0 Å². The molecular weight excluding hydrogens is 396 g/mol. The van der Waals surface area contributed by atoms with Gasteiger partial charge in [0.05, 0.1) is 12.1 Å². The lowest BCUT2D eigenvalue weighted by Gasteiger charge is -2.02. The van der Waals surface area contributed by atoms with Gasteiger partial charge in [-0.25, -0.2) is 4.98 Å². The Labute approximate surface area is 170 Å². The Morgan fingerprint density at radius 3 is 2.61 bits per heavy atom. The Hall–Kier alpha value is -3.03. The van der Waals surface area contributed by atoms with Gasteiger partial charge in [0.1, 0.15) is 4.88 Å². The fraction of sp³-hybridized carbons (Fsp3) is 0.100. The van der Waals surface area contributed by atoms with Crippen LogP contribution < -0.4 is 5.32 Å². The number of aryl methyl sites for hydroxylation is 1. The van der Waals surface area contributed by atoms with Crippen molar-refractivity contribution in [2.24, 2.45) is 0 Å². The monoisotopic (exact) mass is 410 g/mol. The van der Waals surface area contributed by atoms with Gasteiger partial charge in [-0.3, -0.25) is 4.79 Å². The minimum Gasteiger partial charge on any atom is -0.333 e. The molecule has 6 nitrogen and oxygen atoms in total. The summed E-state index contributed by atoms with van der Waals surface area (Å²) in [6.45, 7) is 1.84. The summed E-state index contributed by atoms with van der Waals surface area (Å²) in [6, 6.07) is 16.7. The summed E-state index contributed by atoms with van der Waals surface area (Å²) >= 11 is 7.17. The summed E-state index contributed by atoms with van der Waals surface area (Å²) in [7, 11) is 0. The molecule has 28 heavy (non-hydrogen) atoms. The van der Waals surface area contributed by atoms with E-state index in [1.165, 1.54) is 11.3 Å². The Bertz CT molecular complexity index is 1110. The number of thiazole rings is 1. The molecule has 2 heterocycles. The van der Waals surface area contributed by atoms with Crippen LogP contribution in [0.2, 0.25) is 5.02 Å². The van der Waals surface area contributed by atoms with E-state index < -0.39 is 0 Å². The van der Waals surface area contributed by atoms with Gasteiger partial charge in [0, 0.05) is 10.6 Å². The lowest BCUT2D eigenvalue weighted by molar-refractivity contribution is -0.115. The van der Waals surface area contributed by atoms with E-state index in [1.54, 1.807) is 12.1 Å². The van der Waals surface area contributed by atoms with Gasteiger partial charge in [0.2, 0.25) is 11.7 Å². The number of carbonyl (C=O) groups is 1. The summed E-state index contributed by atoms with van der Waals surface area (Å²) < 4.78 is 5.40. The molecule has 0 aliphatic heterocycles. The average molecular weight is 411 g/mol. The number of amides is 1. The van der Waals surface area contributed by atoms with Crippen LogP contribution in [0.5, 0.6) is 0 Å². The first-order valence-electron chi connectivity index (χ1n) is 8.50. The van der Waals surface area contributed by atoms with Gasteiger partial charge in [-0.2, -0.15) is 4.98 Å². The second kappa shape index (κ2) is 7.92. The second-order valence-corrected chi connectivity index (χ2v) is 7.51. The first-order valence-corrected chi connectivity index (χ1v) is 9.69. The molecule has 8 heteroatoms. The number of carbonyl (C=O) groups excluding carboxylic acids is 1. The van der Waals surface area contributed by atoms with E-state index >= 15 is 0 Å². The van der Waals surface area contributed by atoms with Crippen molar-refractivity contribution in [2.45, 2.75) is 13.3 Å². The van der Waals surface area contributed by atoms with Gasteiger partial charge in [-0.1, -0.05) is 70.6 Å². The molecule has 4 aromatic rings. The van der Waals surface area contributed by atoms with E-state index in [9.17, 15) is 4.79 Å². The van der Waals surface area contributed by atoms with Crippen molar-refractivity contribution in [3.8, 4) is 22.2 Å². The number of nitrogens with one attached hydrogen (secondary N) is 1. The van der Waals surface area contributed by atoms with Gasteiger partial charge in [-0.15, -0.1) is 0 Å². The smallest absolute Gasteiger partial charge is 0.270 e. The highest BCUT2D eigenvalue weighted by Crippen LogP contribution is 2.32. The Balaban J connectivity index is 1.48. The maximum absolute atomic E-state index is 12.3. The highest BCUT2D eigenvalue weighted by atomic mass is 35.5. The Kier molecular flexibility index (Phi) is 5.18. The topological polar surface area (TPSA) is 80.9 Å².